The maximum atomic E-state index is 12.4. The van der Waals surface area contributed by atoms with Crippen LogP contribution in [0.15, 0.2) is 36.4 Å². The van der Waals surface area contributed by atoms with Gasteiger partial charge in [-0.2, -0.15) is 5.10 Å². The topological polar surface area (TPSA) is 104 Å². The van der Waals surface area contributed by atoms with Gasteiger partial charge < -0.3 is 16.0 Å². The standard InChI is InChI=1S/C19H25N5O2/c1-12(2)15-9-16(23-22-15)17-8-14(11-24(17)18(25)10-20)21-19(26)13-6-4-3-5-7-13/h3-7,9,12,14,17H,8,10-11,20H2,1-2H3,(H,21,26)(H,22,23). The molecule has 0 aliphatic carbocycles. The van der Waals surface area contributed by atoms with Gasteiger partial charge >= 0.3 is 0 Å². The van der Waals surface area contributed by atoms with E-state index in [2.05, 4.69) is 29.4 Å². The average Bonchev–Trinajstić information content (AvgIpc) is 3.28. The molecular weight excluding hydrogens is 330 g/mol. The summed E-state index contributed by atoms with van der Waals surface area (Å²) in [5, 5.41) is 10.4. The SMILES string of the molecule is CC(C)c1cc(C2CC(NC(=O)c3ccccc3)CN2C(=O)CN)[nH]n1. The van der Waals surface area contributed by atoms with Gasteiger partial charge in [0.1, 0.15) is 0 Å². The first-order chi connectivity index (χ1) is 12.5. The van der Waals surface area contributed by atoms with Crippen molar-refractivity contribution in [3.63, 3.8) is 0 Å². The fourth-order valence-electron chi connectivity index (χ4n) is 3.31. The highest BCUT2D eigenvalue weighted by atomic mass is 16.2. The number of aromatic nitrogens is 2. The van der Waals surface area contributed by atoms with E-state index in [0.29, 0.717) is 24.4 Å². The summed E-state index contributed by atoms with van der Waals surface area (Å²) in [6.45, 7) is 4.52. The summed E-state index contributed by atoms with van der Waals surface area (Å²) in [7, 11) is 0. The predicted molar refractivity (Wildman–Crippen MR) is 98.5 cm³/mol. The number of hydrogen-bond donors (Lipinski definition) is 3. The van der Waals surface area contributed by atoms with Gasteiger partial charge in [-0.3, -0.25) is 14.7 Å². The molecular formula is C19H25N5O2. The van der Waals surface area contributed by atoms with Gasteiger partial charge in [-0.05, 0) is 30.5 Å². The maximum absolute atomic E-state index is 12.4. The van der Waals surface area contributed by atoms with E-state index in [9.17, 15) is 9.59 Å². The van der Waals surface area contributed by atoms with Gasteiger partial charge in [-0.15, -0.1) is 0 Å². The Morgan fingerprint density at radius 2 is 2.08 bits per heavy atom. The van der Waals surface area contributed by atoms with Crippen LogP contribution in [0.2, 0.25) is 0 Å². The summed E-state index contributed by atoms with van der Waals surface area (Å²) < 4.78 is 0. The number of nitrogens with zero attached hydrogens (tertiary/aromatic N) is 2. The van der Waals surface area contributed by atoms with Crippen LogP contribution < -0.4 is 11.1 Å². The molecule has 1 fully saturated rings. The van der Waals surface area contributed by atoms with Crippen molar-refractivity contribution in [1.82, 2.24) is 20.4 Å². The molecule has 0 bridgehead atoms. The fraction of sp³-hybridized carbons (Fsp3) is 0.421. The Kier molecular flexibility index (Phi) is 5.37. The van der Waals surface area contributed by atoms with Crippen molar-refractivity contribution in [3.05, 3.63) is 53.3 Å². The quantitative estimate of drug-likeness (QED) is 0.757. The Hall–Kier alpha value is -2.67. The number of carbonyl (C=O) groups excluding carboxylic acids is 2. The molecule has 2 amide bonds. The van der Waals surface area contributed by atoms with Crippen LogP contribution in [0, 0.1) is 0 Å². The van der Waals surface area contributed by atoms with Crippen molar-refractivity contribution in [2.75, 3.05) is 13.1 Å². The second kappa shape index (κ2) is 7.70. The number of carbonyl (C=O) groups is 2. The molecule has 0 spiro atoms. The first-order valence-corrected chi connectivity index (χ1v) is 8.90. The van der Waals surface area contributed by atoms with Gasteiger partial charge in [0.15, 0.2) is 0 Å². The Labute approximate surface area is 153 Å². The number of nitrogens with one attached hydrogen (secondary N) is 2. The number of benzene rings is 1. The maximum Gasteiger partial charge on any atom is 0.251 e. The molecule has 0 saturated carbocycles. The molecule has 7 heteroatoms. The van der Waals surface area contributed by atoms with Crippen LogP contribution in [0.25, 0.3) is 0 Å². The molecule has 138 valence electrons. The molecule has 1 saturated heterocycles. The van der Waals surface area contributed by atoms with E-state index < -0.39 is 0 Å². The molecule has 0 radical (unpaired) electrons. The minimum atomic E-state index is -0.160. The van der Waals surface area contributed by atoms with Crippen molar-refractivity contribution in [3.8, 4) is 0 Å². The van der Waals surface area contributed by atoms with Crippen molar-refractivity contribution in [2.24, 2.45) is 5.73 Å². The largest absolute Gasteiger partial charge is 0.347 e. The van der Waals surface area contributed by atoms with E-state index in [-0.39, 0.29) is 30.4 Å². The number of H-pyrrole nitrogens is 1. The van der Waals surface area contributed by atoms with Crippen molar-refractivity contribution >= 4 is 11.8 Å². The van der Waals surface area contributed by atoms with Crippen LogP contribution >= 0.6 is 0 Å². The van der Waals surface area contributed by atoms with Crippen molar-refractivity contribution in [1.29, 1.82) is 0 Å². The lowest BCUT2D eigenvalue weighted by Gasteiger charge is -2.22. The van der Waals surface area contributed by atoms with Gasteiger partial charge in [-0.1, -0.05) is 32.0 Å². The van der Waals surface area contributed by atoms with Gasteiger partial charge in [-0.25, -0.2) is 0 Å². The van der Waals surface area contributed by atoms with E-state index in [1.165, 1.54) is 0 Å². The highest BCUT2D eigenvalue weighted by Crippen LogP contribution is 2.32. The zero-order chi connectivity index (χ0) is 18.7. The monoisotopic (exact) mass is 355 g/mol. The molecule has 1 aliphatic heterocycles. The normalized spacial score (nSPS) is 19.8. The predicted octanol–water partition coefficient (Wildman–Crippen LogP) is 1.56. The van der Waals surface area contributed by atoms with E-state index in [0.717, 1.165) is 11.4 Å². The molecule has 2 unspecified atom stereocenters. The van der Waals surface area contributed by atoms with Crippen molar-refractivity contribution < 1.29 is 9.59 Å². The Bertz CT molecular complexity index is 771. The van der Waals surface area contributed by atoms with Gasteiger partial charge in [0.05, 0.1) is 24.0 Å². The Balaban J connectivity index is 1.76. The van der Waals surface area contributed by atoms with Crippen LogP contribution in [0.3, 0.4) is 0 Å². The highest BCUT2D eigenvalue weighted by molar-refractivity contribution is 5.94. The lowest BCUT2D eigenvalue weighted by Crippen LogP contribution is -2.40. The van der Waals surface area contributed by atoms with Crippen molar-refractivity contribution in [2.45, 2.75) is 38.3 Å². The van der Waals surface area contributed by atoms with Crippen LogP contribution in [-0.2, 0) is 4.79 Å². The molecule has 1 aromatic carbocycles. The lowest BCUT2D eigenvalue weighted by molar-refractivity contribution is -0.130. The summed E-state index contributed by atoms with van der Waals surface area (Å²) in [6, 6.07) is 10.8. The lowest BCUT2D eigenvalue weighted by atomic mass is 10.1. The second-order valence-electron chi connectivity index (χ2n) is 6.94. The number of likely N-dealkylation sites (tertiary alicyclic amines) is 1. The third-order valence-corrected chi connectivity index (χ3v) is 4.74. The third kappa shape index (κ3) is 3.77. The van der Waals surface area contributed by atoms with E-state index >= 15 is 0 Å². The average molecular weight is 355 g/mol. The van der Waals surface area contributed by atoms with Gasteiger partial charge in [0.25, 0.3) is 5.91 Å². The fourth-order valence-corrected chi connectivity index (χ4v) is 3.31. The van der Waals surface area contributed by atoms with E-state index in [1.54, 1.807) is 17.0 Å². The Morgan fingerprint density at radius 1 is 1.35 bits per heavy atom. The van der Waals surface area contributed by atoms with Crippen LogP contribution in [0.4, 0.5) is 0 Å². The zero-order valence-corrected chi connectivity index (χ0v) is 15.1. The summed E-state index contributed by atoms with van der Waals surface area (Å²) in [5.41, 5.74) is 8.02. The summed E-state index contributed by atoms with van der Waals surface area (Å²) >= 11 is 0. The van der Waals surface area contributed by atoms with Crippen LogP contribution in [0.1, 0.15) is 54.0 Å². The zero-order valence-electron chi connectivity index (χ0n) is 15.1. The Morgan fingerprint density at radius 3 is 2.69 bits per heavy atom. The molecule has 2 heterocycles. The first-order valence-electron chi connectivity index (χ1n) is 8.90. The number of hydrogen-bond acceptors (Lipinski definition) is 4. The number of aromatic amines is 1. The molecule has 2 atom stereocenters. The summed E-state index contributed by atoms with van der Waals surface area (Å²) in [4.78, 5) is 26.4. The van der Waals surface area contributed by atoms with Gasteiger partial charge in [0.2, 0.25) is 5.91 Å². The molecule has 26 heavy (non-hydrogen) atoms. The number of amides is 2. The molecule has 3 rings (SSSR count). The smallest absolute Gasteiger partial charge is 0.251 e. The molecule has 1 aromatic heterocycles. The van der Waals surface area contributed by atoms with E-state index in [4.69, 9.17) is 5.73 Å². The molecule has 2 aromatic rings. The number of rotatable bonds is 5. The first kappa shape index (κ1) is 18.1. The summed E-state index contributed by atoms with van der Waals surface area (Å²) in [6.07, 6.45) is 0.629. The third-order valence-electron chi connectivity index (χ3n) is 4.74. The molecule has 1 aliphatic rings. The minimum absolute atomic E-state index is 0.0545. The van der Waals surface area contributed by atoms with E-state index in [1.807, 2.05) is 24.3 Å². The summed E-state index contributed by atoms with van der Waals surface area (Å²) in [5.74, 6) is 0.0321. The van der Waals surface area contributed by atoms with Crippen LogP contribution in [0.5, 0.6) is 0 Å². The highest BCUT2D eigenvalue weighted by Gasteiger charge is 2.37. The molecule has 4 N–H and O–H groups in total. The second-order valence-corrected chi connectivity index (χ2v) is 6.94. The molecule has 7 nitrogen and oxygen atoms in total. The number of nitrogens with two attached hydrogens (primary N) is 1. The van der Waals surface area contributed by atoms with Crippen LogP contribution in [-0.4, -0.2) is 46.0 Å². The minimum Gasteiger partial charge on any atom is -0.347 e. The van der Waals surface area contributed by atoms with Gasteiger partial charge in [0, 0.05) is 18.2 Å².